The largest absolute Gasteiger partial charge is 0.479 e. The zero-order valence-corrected chi connectivity index (χ0v) is 30.6. The molecule has 0 aromatic carbocycles. The SMILES string of the molecule is CCCCCCCCCC(=O)NCCOCCOCCOCCOCCOCCOCCOCCOCCOCCOCCOOCC(=O)O. The van der Waals surface area contributed by atoms with Gasteiger partial charge < -0.3 is 57.8 Å². The van der Waals surface area contributed by atoms with Gasteiger partial charge in [-0.2, -0.15) is 0 Å². The number of hydrogen-bond donors (Lipinski definition) is 2. The topological polar surface area (TPSA) is 177 Å². The molecule has 0 aliphatic heterocycles. The van der Waals surface area contributed by atoms with Crippen molar-refractivity contribution in [3.05, 3.63) is 0 Å². The van der Waals surface area contributed by atoms with Gasteiger partial charge >= 0.3 is 5.97 Å². The Bertz CT molecular complexity index is 693. The Morgan fingerprint density at radius 1 is 0.420 bits per heavy atom. The van der Waals surface area contributed by atoms with Crippen LogP contribution in [0.4, 0.5) is 0 Å². The summed E-state index contributed by atoms with van der Waals surface area (Å²) in [5.74, 6) is -0.995. The summed E-state index contributed by atoms with van der Waals surface area (Å²) in [4.78, 5) is 31.1. The molecule has 50 heavy (non-hydrogen) atoms. The van der Waals surface area contributed by atoms with Gasteiger partial charge in [0.05, 0.1) is 132 Å². The third kappa shape index (κ3) is 44.5. The van der Waals surface area contributed by atoms with Crippen LogP contribution in [0.2, 0.25) is 0 Å². The summed E-state index contributed by atoms with van der Waals surface area (Å²) in [5, 5.41) is 11.3. The molecule has 0 spiro atoms. The maximum atomic E-state index is 11.8. The van der Waals surface area contributed by atoms with Crippen LogP contribution in [0.25, 0.3) is 0 Å². The van der Waals surface area contributed by atoms with E-state index in [1.165, 1.54) is 32.1 Å². The molecule has 1 amide bonds. The molecule has 0 saturated heterocycles. The van der Waals surface area contributed by atoms with Gasteiger partial charge in [0.25, 0.3) is 0 Å². The molecule has 0 aromatic heterocycles. The Morgan fingerprint density at radius 3 is 1.10 bits per heavy atom. The van der Waals surface area contributed by atoms with Gasteiger partial charge in [-0.25, -0.2) is 14.6 Å². The minimum Gasteiger partial charge on any atom is -0.479 e. The average Bonchev–Trinajstić information content (AvgIpc) is 3.11. The van der Waals surface area contributed by atoms with Crippen LogP contribution in [0, 0.1) is 0 Å². The van der Waals surface area contributed by atoms with Crippen LogP contribution < -0.4 is 5.32 Å². The minimum atomic E-state index is -1.10. The van der Waals surface area contributed by atoms with E-state index in [1.807, 2.05) is 0 Å². The Labute approximate surface area is 299 Å². The first kappa shape index (κ1) is 48.5. The lowest BCUT2D eigenvalue weighted by molar-refractivity contribution is -0.296. The molecule has 0 atom stereocenters. The Hall–Kier alpha value is -1.54. The molecule has 2 N–H and O–H groups in total. The van der Waals surface area contributed by atoms with Crippen molar-refractivity contribution < 1.29 is 71.8 Å². The van der Waals surface area contributed by atoms with Crippen LogP contribution in [0.3, 0.4) is 0 Å². The molecule has 0 radical (unpaired) electrons. The van der Waals surface area contributed by atoms with Gasteiger partial charge in [-0.15, -0.1) is 0 Å². The smallest absolute Gasteiger partial charge is 0.333 e. The maximum absolute atomic E-state index is 11.8. The van der Waals surface area contributed by atoms with Crippen LogP contribution in [0.15, 0.2) is 0 Å². The molecule has 298 valence electrons. The Kier molecular flexibility index (Phi) is 42.3. The third-order valence-corrected chi connectivity index (χ3v) is 6.50. The summed E-state index contributed by atoms with van der Waals surface area (Å²) in [7, 11) is 0. The monoisotopic (exact) mass is 729 g/mol. The first-order valence-electron chi connectivity index (χ1n) is 18.2. The van der Waals surface area contributed by atoms with Gasteiger partial charge in [0, 0.05) is 13.0 Å². The van der Waals surface area contributed by atoms with Crippen molar-refractivity contribution in [2.75, 3.05) is 152 Å². The fraction of sp³-hybridized carbons (Fsp3) is 0.941. The molecule has 0 unspecified atom stereocenters. The van der Waals surface area contributed by atoms with Crippen LogP contribution in [0.5, 0.6) is 0 Å². The summed E-state index contributed by atoms with van der Waals surface area (Å²) in [6, 6.07) is 0. The van der Waals surface area contributed by atoms with Crippen molar-refractivity contribution in [3.63, 3.8) is 0 Å². The van der Waals surface area contributed by atoms with Crippen molar-refractivity contribution >= 4 is 11.9 Å². The van der Waals surface area contributed by atoms with Gasteiger partial charge in [0.15, 0.2) is 6.61 Å². The molecule has 16 nitrogen and oxygen atoms in total. The Morgan fingerprint density at radius 2 is 0.740 bits per heavy atom. The number of rotatable bonds is 44. The zero-order chi connectivity index (χ0) is 36.3. The lowest BCUT2D eigenvalue weighted by Gasteiger charge is -2.09. The number of ether oxygens (including phenoxy) is 10. The van der Waals surface area contributed by atoms with E-state index in [0.29, 0.717) is 138 Å². The molecule has 0 aliphatic carbocycles. The highest BCUT2D eigenvalue weighted by atomic mass is 17.2. The molecule has 0 fully saturated rings. The van der Waals surface area contributed by atoms with Gasteiger partial charge in [-0.05, 0) is 6.42 Å². The highest BCUT2D eigenvalue weighted by Gasteiger charge is 2.01. The van der Waals surface area contributed by atoms with Crippen LogP contribution in [0.1, 0.15) is 58.3 Å². The molecule has 0 heterocycles. The first-order chi connectivity index (χ1) is 24.7. The minimum absolute atomic E-state index is 0.103. The van der Waals surface area contributed by atoms with Crippen molar-refractivity contribution in [1.82, 2.24) is 5.32 Å². The summed E-state index contributed by atoms with van der Waals surface area (Å²) in [5.41, 5.74) is 0. The Balaban J connectivity index is 3.10. The van der Waals surface area contributed by atoms with Gasteiger partial charge in [-0.1, -0.05) is 45.4 Å². The number of nitrogens with one attached hydrogen (secondary N) is 1. The maximum Gasteiger partial charge on any atom is 0.333 e. The fourth-order valence-corrected chi connectivity index (χ4v) is 3.92. The molecule has 16 heteroatoms. The first-order valence-corrected chi connectivity index (χ1v) is 18.2. The van der Waals surface area contributed by atoms with Gasteiger partial charge in [-0.3, -0.25) is 4.79 Å². The van der Waals surface area contributed by atoms with E-state index < -0.39 is 12.6 Å². The fourth-order valence-electron chi connectivity index (χ4n) is 3.92. The second-order valence-electron chi connectivity index (χ2n) is 10.8. The number of carbonyl (C=O) groups excluding carboxylic acids is 1. The van der Waals surface area contributed by atoms with E-state index in [0.717, 1.165) is 12.8 Å². The van der Waals surface area contributed by atoms with Crippen LogP contribution in [-0.4, -0.2) is 169 Å². The van der Waals surface area contributed by atoms with Crippen LogP contribution in [-0.2, 0) is 66.7 Å². The average molecular weight is 730 g/mol. The van der Waals surface area contributed by atoms with E-state index in [1.54, 1.807) is 0 Å². The summed E-state index contributed by atoms with van der Waals surface area (Å²) >= 11 is 0. The second kappa shape index (κ2) is 43.6. The molecule has 0 aromatic rings. The normalized spacial score (nSPS) is 11.4. The standard InChI is InChI=1S/C34H67NO15/c1-2-3-4-5-6-7-8-9-33(36)35-10-11-39-12-13-40-14-15-41-16-17-42-18-19-43-20-21-44-22-23-45-24-25-46-26-27-47-28-29-48-30-31-49-50-32-34(37)38/h2-32H2,1H3,(H,35,36)(H,37,38). The molecule has 0 aliphatic rings. The van der Waals surface area contributed by atoms with E-state index in [9.17, 15) is 9.59 Å². The highest BCUT2D eigenvalue weighted by Crippen LogP contribution is 2.08. The molecule has 0 rings (SSSR count). The second-order valence-corrected chi connectivity index (χ2v) is 10.8. The van der Waals surface area contributed by atoms with Crippen molar-refractivity contribution in [2.24, 2.45) is 0 Å². The number of carbonyl (C=O) groups is 2. The number of unbranched alkanes of at least 4 members (excludes halogenated alkanes) is 6. The molecular weight excluding hydrogens is 662 g/mol. The zero-order valence-electron chi connectivity index (χ0n) is 30.6. The molecule has 0 bridgehead atoms. The van der Waals surface area contributed by atoms with E-state index >= 15 is 0 Å². The summed E-state index contributed by atoms with van der Waals surface area (Å²) in [6.45, 7) is 11.6. The number of aliphatic carboxylic acids is 1. The van der Waals surface area contributed by atoms with E-state index in [-0.39, 0.29) is 19.1 Å². The number of amides is 1. The molecular formula is C34H67NO15. The van der Waals surface area contributed by atoms with Crippen molar-refractivity contribution in [2.45, 2.75) is 58.3 Å². The predicted octanol–water partition coefficient (Wildman–Crippen LogP) is 2.44. The van der Waals surface area contributed by atoms with Gasteiger partial charge in [0.2, 0.25) is 5.91 Å². The highest BCUT2D eigenvalue weighted by molar-refractivity contribution is 5.75. The van der Waals surface area contributed by atoms with Crippen molar-refractivity contribution in [1.29, 1.82) is 0 Å². The predicted molar refractivity (Wildman–Crippen MR) is 183 cm³/mol. The lowest BCUT2D eigenvalue weighted by Crippen LogP contribution is -2.27. The number of hydrogen-bond acceptors (Lipinski definition) is 14. The van der Waals surface area contributed by atoms with Crippen molar-refractivity contribution in [3.8, 4) is 0 Å². The quantitative estimate of drug-likeness (QED) is 0.0531. The molecule has 0 saturated carbocycles. The summed E-state index contributed by atoms with van der Waals surface area (Å²) in [6.07, 6.45) is 9.05. The lowest BCUT2D eigenvalue weighted by atomic mass is 10.1. The number of carboxylic acid groups (broad SMARTS) is 1. The van der Waals surface area contributed by atoms with E-state index in [2.05, 4.69) is 22.0 Å². The van der Waals surface area contributed by atoms with Crippen LogP contribution >= 0.6 is 0 Å². The third-order valence-electron chi connectivity index (χ3n) is 6.50. The number of carboxylic acids is 1. The van der Waals surface area contributed by atoms with Gasteiger partial charge in [0.1, 0.15) is 6.61 Å². The van der Waals surface area contributed by atoms with E-state index in [4.69, 9.17) is 52.5 Å². The summed E-state index contributed by atoms with van der Waals surface area (Å²) < 4.78 is 54.3.